The summed E-state index contributed by atoms with van der Waals surface area (Å²) >= 11 is 0. The van der Waals surface area contributed by atoms with Crippen molar-refractivity contribution in [1.82, 2.24) is 19.7 Å². The van der Waals surface area contributed by atoms with Crippen molar-refractivity contribution >= 4 is 5.69 Å². The van der Waals surface area contributed by atoms with Gasteiger partial charge in [-0.25, -0.2) is 9.67 Å². The van der Waals surface area contributed by atoms with Gasteiger partial charge in [-0.05, 0) is 43.7 Å². The molecule has 0 unspecified atom stereocenters. The highest BCUT2D eigenvalue weighted by molar-refractivity contribution is 5.56. The average Bonchev–Trinajstić information content (AvgIpc) is 3.03. The van der Waals surface area contributed by atoms with Crippen LogP contribution in [-0.4, -0.2) is 53.0 Å². The molecule has 0 aliphatic carbocycles. The molecule has 1 aromatic carbocycles. The third-order valence-corrected chi connectivity index (χ3v) is 5.35. The van der Waals surface area contributed by atoms with Crippen LogP contribution in [0.5, 0.6) is 5.75 Å². The first kappa shape index (κ1) is 18.5. The quantitative estimate of drug-likeness (QED) is 0.683. The largest absolute Gasteiger partial charge is 0.497 e. The number of aromatic nitrogens is 3. The Kier molecular flexibility index (Phi) is 5.30. The first-order valence-electron chi connectivity index (χ1n) is 9.73. The van der Waals surface area contributed by atoms with Crippen molar-refractivity contribution in [2.45, 2.75) is 20.4 Å². The highest BCUT2D eigenvalue weighted by atomic mass is 16.5. The minimum Gasteiger partial charge on any atom is -0.497 e. The summed E-state index contributed by atoms with van der Waals surface area (Å²) < 4.78 is 7.29. The van der Waals surface area contributed by atoms with Crippen molar-refractivity contribution in [3.8, 4) is 11.6 Å². The van der Waals surface area contributed by atoms with E-state index in [0.29, 0.717) is 0 Å². The number of ether oxygens (including phenoxy) is 1. The van der Waals surface area contributed by atoms with Gasteiger partial charge < -0.3 is 9.64 Å². The highest BCUT2D eigenvalue weighted by Gasteiger charge is 2.23. The lowest BCUT2D eigenvalue weighted by atomic mass is 10.1. The molecule has 4 rings (SSSR count). The molecule has 146 valence electrons. The summed E-state index contributed by atoms with van der Waals surface area (Å²) in [4.78, 5) is 9.40. The van der Waals surface area contributed by atoms with E-state index in [2.05, 4.69) is 46.8 Å². The summed E-state index contributed by atoms with van der Waals surface area (Å²) in [6.07, 6.45) is 1.81. The van der Waals surface area contributed by atoms with Crippen molar-refractivity contribution in [3.05, 3.63) is 65.6 Å². The topological polar surface area (TPSA) is 46.4 Å². The van der Waals surface area contributed by atoms with E-state index in [-0.39, 0.29) is 0 Å². The van der Waals surface area contributed by atoms with Gasteiger partial charge in [-0.1, -0.05) is 18.2 Å². The number of anilines is 1. The average molecular weight is 377 g/mol. The number of rotatable bonds is 5. The Morgan fingerprint density at radius 2 is 1.82 bits per heavy atom. The van der Waals surface area contributed by atoms with E-state index in [9.17, 15) is 0 Å². The number of hydrogen-bond acceptors (Lipinski definition) is 5. The van der Waals surface area contributed by atoms with Crippen LogP contribution in [0.25, 0.3) is 5.82 Å². The molecule has 0 amide bonds. The van der Waals surface area contributed by atoms with E-state index >= 15 is 0 Å². The van der Waals surface area contributed by atoms with Crippen molar-refractivity contribution in [2.24, 2.45) is 0 Å². The summed E-state index contributed by atoms with van der Waals surface area (Å²) in [6.45, 7) is 9.24. The molecule has 0 radical (unpaired) electrons. The highest BCUT2D eigenvalue weighted by Crippen LogP contribution is 2.27. The van der Waals surface area contributed by atoms with Gasteiger partial charge in [0.05, 0.1) is 24.2 Å². The van der Waals surface area contributed by atoms with Crippen molar-refractivity contribution in [1.29, 1.82) is 0 Å². The van der Waals surface area contributed by atoms with Crippen LogP contribution in [0, 0.1) is 13.8 Å². The van der Waals surface area contributed by atoms with Gasteiger partial charge in [0.15, 0.2) is 5.82 Å². The van der Waals surface area contributed by atoms with Gasteiger partial charge in [-0.3, -0.25) is 4.90 Å². The SMILES string of the molecule is COc1cccc(CN2CCN(c3c(C)nn(-c4ccccn4)c3C)CC2)c1. The van der Waals surface area contributed by atoms with Crippen LogP contribution >= 0.6 is 0 Å². The first-order valence-corrected chi connectivity index (χ1v) is 9.73. The molecule has 28 heavy (non-hydrogen) atoms. The van der Waals surface area contributed by atoms with E-state index in [4.69, 9.17) is 9.84 Å². The van der Waals surface area contributed by atoms with Gasteiger partial charge in [0, 0.05) is 38.9 Å². The fourth-order valence-corrected chi connectivity index (χ4v) is 3.95. The van der Waals surface area contributed by atoms with Crippen LogP contribution in [0.15, 0.2) is 48.7 Å². The van der Waals surface area contributed by atoms with Gasteiger partial charge in [-0.2, -0.15) is 5.10 Å². The molecule has 6 heteroatoms. The summed E-state index contributed by atoms with van der Waals surface area (Å²) in [5, 5.41) is 4.75. The first-order chi connectivity index (χ1) is 13.7. The lowest BCUT2D eigenvalue weighted by Gasteiger charge is -2.36. The summed E-state index contributed by atoms with van der Waals surface area (Å²) in [5.41, 5.74) is 4.75. The van der Waals surface area contributed by atoms with E-state index in [1.54, 1.807) is 7.11 Å². The zero-order chi connectivity index (χ0) is 19.5. The van der Waals surface area contributed by atoms with Crippen LogP contribution in [0.4, 0.5) is 5.69 Å². The second-order valence-electron chi connectivity index (χ2n) is 7.23. The number of piperazine rings is 1. The molecular formula is C22H27N5O. The normalized spacial score (nSPS) is 15.0. The Labute approximate surface area is 166 Å². The fraction of sp³-hybridized carbons (Fsp3) is 0.364. The second-order valence-corrected chi connectivity index (χ2v) is 7.23. The van der Waals surface area contributed by atoms with Crippen LogP contribution in [0.1, 0.15) is 17.0 Å². The van der Waals surface area contributed by atoms with Crippen LogP contribution < -0.4 is 9.64 Å². The van der Waals surface area contributed by atoms with Gasteiger partial charge in [-0.15, -0.1) is 0 Å². The summed E-state index contributed by atoms with van der Waals surface area (Å²) in [5.74, 6) is 1.79. The molecule has 1 aliphatic heterocycles. The Hall–Kier alpha value is -2.86. The summed E-state index contributed by atoms with van der Waals surface area (Å²) in [6, 6.07) is 14.3. The molecule has 0 bridgehead atoms. The molecule has 0 N–H and O–H groups in total. The lowest BCUT2D eigenvalue weighted by molar-refractivity contribution is 0.249. The minimum absolute atomic E-state index is 0.867. The molecular weight excluding hydrogens is 350 g/mol. The second kappa shape index (κ2) is 8.02. The van der Waals surface area contributed by atoms with Crippen LogP contribution in [0.2, 0.25) is 0 Å². The number of hydrogen-bond donors (Lipinski definition) is 0. The number of benzene rings is 1. The maximum atomic E-state index is 5.34. The molecule has 1 aliphatic rings. The minimum atomic E-state index is 0.867. The number of pyridine rings is 1. The molecule has 0 saturated carbocycles. The third-order valence-electron chi connectivity index (χ3n) is 5.35. The Balaban J connectivity index is 1.45. The van der Waals surface area contributed by atoms with E-state index in [1.807, 2.05) is 35.1 Å². The molecule has 3 heterocycles. The Morgan fingerprint density at radius 1 is 1.00 bits per heavy atom. The zero-order valence-electron chi connectivity index (χ0n) is 16.8. The lowest BCUT2D eigenvalue weighted by Crippen LogP contribution is -2.46. The predicted octanol–water partition coefficient (Wildman–Crippen LogP) is 3.21. The fourth-order valence-electron chi connectivity index (χ4n) is 3.95. The molecule has 0 spiro atoms. The number of nitrogens with zero attached hydrogens (tertiary/aromatic N) is 5. The maximum absolute atomic E-state index is 5.34. The standard InChI is InChI=1S/C22H27N5O/c1-17-22(18(2)27(24-17)21-9-4-5-10-23-21)26-13-11-25(12-14-26)16-19-7-6-8-20(15-19)28-3/h4-10,15H,11-14,16H2,1-3H3. The van der Waals surface area contributed by atoms with E-state index < -0.39 is 0 Å². The monoisotopic (exact) mass is 377 g/mol. The van der Waals surface area contributed by atoms with E-state index in [0.717, 1.165) is 55.7 Å². The van der Waals surface area contributed by atoms with Gasteiger partial charge in [0.1, 0.15) is 5.75 Å². The predicted molar refractivity (Wildman–Crippen MR) is 111 cm³/mol. The molecule has 3 aromatic rings. The molecule has 6 nitrogen and oxygen atoms in total. The van der Waals surface area contributed by atoms with Crippen LogP contribution in [-0.2, 0) is 6.54 Å². The smallest absolute Gasteiger partial charge is 0.153 e. The Morgan fingerprint density at radius 3 is 2.54 bits per heavy atom. The number of methoxy groups -OCH3 is 1. The molecule has 1 saturated heterocycles. The zero-order valence-corrected chi connectivity index (χ0v) is 16.8. The van der Waals surface area contributed by atoms with Gasteiger partial charge >= 0.3 is 0 Å². The third kappa shape index (κ3) is 3.73. The van der Waals surface area contributed by atoms with Crippen molar-refractivity contribution in [2.75, 3.05) is 38.2 Å². The van der Waals surface area contributed by atoms with Crippen molar-refractivity contribution in [3.63, 3.8) is 0 Å². The van der Waals surface area contributed by atoms with Crippen molar-refractivity contribution < 1.29 is 4.74 Å². The molecule has 1 fully saturated rings. The van der Waals surface area contributed by atoms with Crippen LogP contribution in [0.3, 0.4) is 0 Å². The number of aryl methyl sites for hydroxylation is 1. The maximum Gasteiger partial charge on any atom is 0.153 e. The molecule has 2 aromatic heterocycles. The van der Waals surface area contributed by atoms with Gasteiger partial charge in [0.25, 0.3) is 0 Å². The van der Waals surface area contributed by atoms with Gasteiger partial charge in [0.2, 0.25) is 0 Å². The van der Waals surface area contributed by atoms with E-state index in [1.165, 1.54) is 11.3 Å². The molecule has 0 atom stereocenters. The summed E-state index contributed by atoms with van der Waals surface area (Å²) in [7, 11) is 1.72. The Bertz CT molecular complexity index is 929.